The molecule has 0 fully saturated rings. The lowest BCUT2D eigenvalue weighted by molar-refractivity contribution is 0.229. The minimum absolute atomic E-state index is 0.189. The standard InChI is InChI=1S/C11H15N3O/c1-9-4-6-10(7-5-9)13-8-14(3)11(15)12-2/h4-8H,1-3H3,(H,12,15). The van der Waals surface area contributed by atoms with Gasteiger partial charge in [-0.1, -0.05) is 17.7 Å². The quantitative estimate of drug-likeness (QED) is 0.582. The number of carbonyl (C=O) groups excluding carboxylic acids is 1. The lowest BCUT2D eigenvalue weighted by Crippen LogP contribution is -2.33. The number of hydrogen-bond donors (Lipinski definition) is 1. The first-order chi connectivity index (χ1) is 7.13. The van der Waals surface area contributed by atoms with E-state index >= 15 is 0 Å². The van der Waals surface area contributed by atoms with Gasteiger partial charge in [0.05, 0.1) is 12.0 Å². The maximum atomic E-state index is 11.1. The van der Waals surface area contributed by atoms with E-state index in [4.69, 9.17) is 0 Å². The average Bonchev–Trinajstić information content (AvgIpc) is 2.26. The number of nitrogens with zero attached hydrogens (tertiary/aromatic N) is 2. The van der Waals surface area contributed by atoms with Crippen LogP contribution in [0, 0.1) is 6.92 Å². The Balaban J connectivity index is 2.65. The smallest absolute Gasteiger partial charge is 0.322 e. The molecule has 1 aromatic rings. The third-order valence-corrected chi connectivity index (χ3v) is 1.95. The van der Waals surface area contributed by atoms with Gasteiger partial charge in [0.2, 0.25) is 0 Å². The fourth-order valence-electron chi connectivity index (χ4n) is 1.01. The molecule has 0 heterocycles. The van der Waals surface area contributed by atoms with Crippen LogP contribution < -0.4 is 5.32 Å². The summed E-state index contributed by atoms with van der Waals surface area (Å²) in [5, 5.41) is 2.51. The van der Waals surface area contributed by atoms with Crippen molar-refractivity contribution in [1.82, 2.24) is 10.2 Å². The minimum atomic E-state index is -0.189. The van der Waals surface area contributed by atoms with Crippen molar-refractivity contribution in [2.45, 2.75) is 6.92 Å². The van der Waals surface area contributed by atoms with Gasteiger partial charge in [-0.15, -0.1) is 0 Å². The fourth-order valence-corrected chi connectivity index (χ4v) is 1.01. The van der Waals surface area contributed by atoms with Crippen LogP contribution in [0.4, 0.5) is 10.5 Å². The molecule has 80 valence electrons. The molecule has 0 unspecified atom stereocenters. The Bertz CT molecular complexity index is 357. The number of hydrogen-bond acceptors (Lipinski definition) is 2. The van der Waals surface area contributed by atoms with E-state index in [9.17, 15) is 4.79 Å². The number of rotatable bonds is 2. The van der Waals surface area contributed by atoms with Gasteiger partial charge >= 0.3 is 6.03 Å². The van der Waals surface area contributed by atoms with Crippen LogP contribution in [-0.4, -0.2) is 31.4 Å². The predicted octanol–water partition coefficient (Wildman–Crippen LogP) is 1.93. The Labute approximate surface area is 89.6 Å². The molecule has 1 rings (SSSR count). The highest BCUT2D eigenvalue weighted by atomic mass is 16.2. The molecule has 4 nitrogen and oxygen atoms in total. The molecule has 0 aromatic heterocycles. The molecule has 15 heavy (non-hydrogen) atoms. The maximum Gasteiger partial charge on any atom is 0.322 e. The van der Waals surface area contributed by atoms with Crippen LogP contribution in [-0.2, 0) is 0 Å². The number of amides is 2. The van der Waals surface area contributed by atoms with Gasteiger partial charge < -0.3 is 5.32 Å². The van der Waals surface area contributed by atoms with E-state index in [0.29, 0.717) is 0 Å². The summed E-state index contributed by atoms with van der Waals surface area (Å²) in [6, 6.07) is 7.58. The van der Waals surface area contributed by atoms with Gasteiger partial charge in [0, 0.05) is 14.1 Å². The molecule has 0 radical (unpaired) electrons. The van der Waals surface area contributed by atoms with Crippen molar-refractivity contribution in [3.05, 3.63) is 29.8 Å². The number of aliphatic imine (C=N–C) groups is 1. The Hall–Kier alpha value is -1.84. The summed E-state index contributed by atoms with van der Waals surface area (Å²) in [6.07, 6.45) is 1.49. The van der Waals surface area contributed by atoms with Crippen LogP contribution in [0.25, 0.3) is 0 Å². The summed E-state index contributed by atoms with van der Waals surface area (Å²) in [6.45, 7) is 2.02. The summed E-state index contributed by atoms with van der Waals surface area (Å²) < 4.78 is 0. The van der Waals surface area contributed by atoms with Crippen molar-refractivity contribution in [1.29, 1.82) is 0 Å². The molecule has 0 aliphatic rings. The second-order valence-electron chi connectivity index (χ2n) is 3.25. The number of urea groups is 1. The fraction of sp³-hybridized carbons (Fsp3) is 0.273. The molecule has 1 aromatic carbocycles. The first-order valence-electron chi connectivity index (χ1n) is 4.69. The number of benzene rings is 1. The van der Waals surface area contributed by atoms with E-state index in [1.54, 1.807) is 14.1 Å². The van der Waals surface area contributed by atoms with Gasteiger partial charge in [0.25, 0.3) is 0 Å². The third-order valence-electron chi connectivity index (χ3n) is 1.95. The molecule has 0 aliphatic carbocycles. The number of nitrogens with one attached hydrogen (secondary N) is 1. The van der Waals surface area contributed by atoms with Crippen molar-refractivity contribution >= 4 is 18.1 Å². The van der Waals surface area contributed by atoms with Gasteiger partial charge in [-0.25, -0.2) is 9.79 Å². The molecule has 0 bridgehead atoms. The van der Waals surface area contributed by atoms with E-state index in [1.165, 1.54) is 16.8 Å². The second kappa shape index (κ2) is 5.14. The molecular formula is C11H15N3O. The molecular weight excluding hydrogens is 190 g/mol. The molecule has 1 N–H and O–H groups in total. The van der Waals surface area contributed by atoms with Crippen molar-refractivity contribution in [3.63, 3.8) is 0 Å². The van der Waals surface area contributed by atoms with Crippen molar-refractivity contribution in [3.8, 4) is 0 Å². The lowest BCUT2D eigenvalue weighted by Gasteiger charge is -2.09. The molecule has 0 atom stereocenters. The topological polar surface area (TPSA) is 44.7 Å². The Morgan fingerprint density at radius 1 is 1.40 bits per heavy atom. The van der Waals surface area contributed by atoms with E-state index in [2.05, 4.69) is 10.3 Å². The second-order valence-corrected chi connectivity index (χ2v) is 3.25. The van der Waals surface area contributed by atoms with Crippen LogP contribution in [0.3, 0.4) is 0 Å². The molecule has 4 heteroatoms. The highest BCUT2D eigenvalue weighted by Gasteiger charge is 2.00. The van der Waals surface area contributed by atoms with Gasteiger partial charge in [-0.05, 0) is 19.1 Å². The zero-order valence-electron chi connectivity index (χ0n) is 9.19. The highest BCUT2D eigenvalue weighted by Crippen LogP contribution is 2.11. The van der Waals surface area contributed by atoms with Crippen LogP contribution in [0.2, 0.25) is 0 Å². The summed E-state index contributed by atoms with van der Waals surface area (Å²) >= 11 is 0. The Morgan fingerprint density at radius 3 is 2.53 bits per heavy atom. The summed E-state index contributed by atoms with van der Waals surface area (Å²) in [5.41, 5.74) is 2.02. The summed E-state index contributed by atoms with van der Waals surface area (Å²) in [7, 11) is 3.23. The first kappa shape index (κ1) is 11.2. The van der Waals surface area contributed by atoms with Gasteiger partial charge in [-0.2, -0.15) is 0 Å². The zero-order chi connectivity index (χ0) is 11.3. The number of aryl methyl sites for hydroxylation is 1. The largest absolute Gasteiger partial charge is 0.341 e. The minimum Gasteiger partial charge on any atom is -0.341 e. The molecule has 0 saturated carbocycles. The monoisotopic (exact) mass is 205 g/mol. The average molecular weight is 205 g/mol. The van der Waals surface area contributed by atoms with Crippen LogP contribution in [0.5, 0.6) is 0 Å². The maximum absolute atomic E-state index is 11.1. The van der Waals surface area contributed by atoms with Crippen LogP contribution in [0.1, 0.15) is 5.56 Å². The predicted molar refractivity (Wildman–Crippen MR) is 61.5 cm³/mol. The molecule has 0 spiro atoms. The van der Waals surface area contributed by atoms with E-state index < -0.39 is 0 Å². The van der Waals surface area contributed by atoms with Crippen LogP contribution in [0.15, 0.2) is 29.3 Å². The van der Waals surface area contributed by atoms with E-state index in [-0.39, 0.29) is 6.03 Å². The normalized spacial score (nSPS) is 10.3. The third kappa shape index (κ3) is 3.42. The van der Waals surface area contributed by atoms with Crippen molar-refractivity contribution in [2.75, 3.05) is 14.1 Å². The van der Waals surface area contributed by atoms with E-state index in [1.807, 2.05) is 31.2 Å². The zero-order valence-corrected chi connectivity index (χ0v) is 9.19. The number of carbonyl (C=O) groups is 1. The lowest BCUT2D eigenvalue weighted by atomic mass is 10.2. The van der Waals surface area contributed by atoms with Gasteiger partial charge in [0.1, 0.15) is 0 Å². The summed E-state index contributed by atoms with van der Waals surface area (Å²) in [5.74, 6) is 0. The molecule has 2 amide bonds. The summed E-state index contributed by atoms with van der Waals surface area (Å²) in [4.78, 5) is 16.7. The Kier molecular flexibility index (Phi) is 3.85. The van der Waals surface area contributed by atoms with Crippen molar-refractivity contribution < 1.29 is 4.79 Å². The Morgan fingerprint density at radius 2 is 2.00 bits per heavy atom. The van der Waals surface area contributed by atoms with Crippen LogP contribution >= 0.6 is 0 Å². The van der Waals surface area contributed by atoms with Gasteiger partial charge in [0.15, 0.2) is 0 Å². The molecule has 0 aliphatic heterocycles. The van der Waals surface area contributed by atoms with Gasteiger partial charge in [-0.3, -0.25) is 4.90 Å². The SMILES string of the molecule is CNC(=O)N(C)C=Nc1ccc(C)cc1. The molecule has 0 saturated heterocycles. The first-order valence-corrected chi connectivity index (χ1v) is 4.69. The highest BCUT2D eigenvalue weighted by molar-refractivity contribution is 5.86. The van der Waals surface area contributed by atoms with Crippen molar-refractivity contribution in [2.24, 2.45) is 4.99 Å². The van der Waals surface area contributed by atoms with E-state index in [0.717, 1.165) is 5.69 Å².